The maximum atomic E-state index is 11.8. The summed E-state index contributed by atoms with van der Waals surface area (Å²) in [4.78, 5) is 11.8. The molecule has 1 aromatic rings. The van der Waals surface area contributed by atoms with E-state index in [9.17, 15) is 9.90 Å². The van der Waals surface area contributed by atoms with E-state index in [1.54, 1.807) is 19.1 Å². The lowest BCUT2D eigenvalue weighted by Gasteiger charge is -2.29. The van der Waals surface area contributed by atoms with Crippen LogP contribution in [0.2, 0.25) is 0 Å². The molecular formula is C16H23NO4. The van der Waals surface area contributed by atoms with Gasteiger partial charge < -0.3 is 14.6 Å². The van der Waals surface area contributed by atoms with E-state index in [0.717, 1.165) is 19.4 Å². The third-order valence-corrected chi connectivity index (χ3v) is 3.86. The van der Waals surface area contributed by atoms with Gasteiger partial charge in [0, 0.05) is 18.7 Å². The Bertz CT molecular complexity index is 485. The van der Waals surface area contributed by atoms with Gasteiger partial charge in [-0.2, -0.15) is 0 Å². The number of carboxylic acids is 1. The van der Waals surface area contributed by atoms with Crippen molar-refractivity contribution >= 4 is 5.97 Å². The Kier molecular flexibility index (Phi) is 5.20. The van der Waals surface area contributed by atoms with Crippen LogP contribution in [-0.4, -0.2) is 36.9 Å². The van der Waals surface area contributed by atoms with Gasteiger partial charge in [0.1, 0.15) is 11.3 Å². The predicted octanol–water partition coefficient (Wildman–Crippen LogP) is 2.15. The molecule has 2 rings (SSSR count). The molecule has 21 heavy (non-hydrogen) atoms. The maximum Gasteiger partial charge on any atom is 0.328 e. The summed E-state index contributed by atoms with van der Waals surface area (Å²) >= 11 is 0. The number of benzene rings is 1. The highest BCUT2D eigenvalue weighted by Crippen LogP contribution is 2.30. The van der Waals surface area contributed by atoms with Crippen LogP contribution in [0.15, 0.2) is 24.3 Å². The quantitative estimate of drug-likeness (QED) is 0.806. The first-order valence-electron chi connectivity index (χ1n) is 7.40. The van der Waals surface area contributed by atoms with E-state index in [-0.39, 0.29) is 6.10 Å². The number of aliphatic carboxylic acids is 1. The third kappa shape index (κ3) is 3.54. The lowest BCUT2D eigenvalue weighted by atomic mass is 9.90. The number of rotatable bonds is 7. The van der Waals surface area contributed by atoms with E-state index < -0.39 is 11.5 Å². The van der Waals surface area contributed by atoms with Crippen molar-refractivity contribution in [3.05, 3.63) is 29.8 Å². The molecule has 2 atom stereocenters. The van der Waals surface area contributed by atoms with Crippen molar-refractivity contribution in [3.8, 4) is 5.75 Å². The first-order valence-corrected chi connectivity index (χ1v) is 7.40. The molecule has 0 amide bonds. The minimum absolute atomic E-state index is 0.0860. The maximum absolute atomic E-state index is 11.8. The molecule has 5 nitrogen and oxygen atoms in total. The molecule has 2 unspecified atom stereocenters. The lowest BCUT2D eigenvalue weighted by Crippen LogP contribution is -2.49. The number of carbonyl (C=O) groups is 1. The van der Waals surface area contributed by atoms with Crippen molar-refractivity contribution in [1.29, 1.82) is 0 Å². The summed E-state index contributed by atoms with van der Waals surface area (Å²) in [5.41, 5.74) is -0.560. The Balaban J connectivity index is 2.21. The van der Waals surface area contributed by atoms with Crippen LogP contribution in [0.5, 0.6) is 5.75 Å². The minimum Gasteiger partial charge on any atom is -0.494 e. The van der Waals surface area contributed by atoms with E-state index >= 15 is 0 Å². The second kappa shape index (κ2) is 6.91. The average molecular weight is 293 g/mol. The largest absolute Gasteiger partial charge is 0.494 e. The number of hydrogen-bond acceptors (Lipinski definition) is 4. The molecule has 0 spiro atoms. The predicted molar refractivity (Wildman–Crippen MR) is 79.6 cm³/mol. The normalized spacial score (nSPS) is 21.0. The smallest absolute Gasteiger partial charge is 0.328 e. The molecule has 1 fully saturated rings. The third-order valence-electron chi connectivity index (χ3n) is 3.86. The van der Waals surface area contributed by atoms with Crippen molar-refractivity contribution < 1.29 is 19.4 Å². The number of nitrogens with one attached hydrogen (secondary N) is 1. The highest BCUT2D eigenvalue weighted by Gasteiger charge is 2.38. The van der Waals surface area contributed by atoms with Crippen LogP contribution in [-0.2, 0) is 15.1 Å². The summed E-state index contributed by atoms with van der Waals surface area (Å²) in [5.74, 6) is -0.322. The zero-order chi connectivity index (χ0) is 15.3. The molecule has 1 heterocycles. The molecule has 2 N–H and O–H groups in total. The van der Waals surface area contributed by atoms with Crippen molar-refractivity contribution in [3.63, 3.8) is 0 Å². The second-order valence-corrected chi connectivity index (χ2v) is 5.38. The molecular weight excluding hydrogens is 270 g/mol. The van der Waals surface area contributed by atoms with Crippen molar-refractivity contribution in [2.45, 2.75) is 38.3 Å². The zero-order valence-corrected chi connectivity index (χ0v) is 12.6. The van der Waals surface area contributed by atoms with Gasteiger partial charge in [-0.25, -0.2) is 4.79 Å². The molecule has 1 saturated heterocycles. The molecule has 0 bridgehead atoms. The highest BCUT2D eigenvalue weighted by molar-refractivity contribution is 5.81. The van der Waals surface area contributed by atoms with E-state index in [1.165, 1.54) is 0 Å². The fraction of sp³-hybridized carbons (Fsp3) is 0.562. The van der Waals surface area contributed by atoms with Crippen LogP contribution >= 0.6 is 0 Å². The average Bonchev–Trinajstić information content (AvgIpc) is 2.99. The molecule has 5 heteroatoms. The van der Waals surface area contributed by atoms with Crippen LogP contribution in [0.1, 0.15) is 32.3 Å². The van der Waals surface area contributed by atoms with Crippen molar-refractivity contribution in [2.24, 2.45) is 0 Å². The molecule has 1 aromatic carbocycles. The fourth-order valence-corrected chi connectivity index (χ4v) is 2.57. The van der Waals surface area contributed by atoms with Gasteiger partial charge >= 0.3 is 5.97 Å². The van der Waals surface area contributed by atoms with Gasteiger partial charge in [0.15, 0.2) is 0 Å². The van der Waals surface area contributed by atoms with Crippen LogP contribution in [0.3, 0.4) is 0 Å². The number of carboxylic acid groups (broad SMARTS) is 1. The topological polar surface area (TPSA) is 67.8 Å². The van der Waals surface area contributed by atoms with E-state index in [0.29, 0.717) is 24.5 Å². The van der Waals surface area contributed by atoms with Gasteiger partial charge in [-0.05, 0) is 32.8 Å². The lowest BCUT2D eigenvalue weighted by molar-refractivity contribution is -0.144. The molecule has 0 radical (unpaired) electrons. The molecule has 0 saturated carbocycles. The Morgan fingerprint density at radius 1 is 1.52 bits per heavy atom. The van der Waals surface area contributed by atoms with Crippen molar-refractivity contribution in [1.82, 2.24) is 5.32 Å². The van der Waals surface area contributed by atoms with Crippen molar-refractivity contribution in [2.75, 3.05) is 19.8 Å². The highest BCUT2D eigenvalue weighted by atomic mass is 16.5. The summed E-state index contributed by atoms with van der Waals surface area (Å²) < 4.78 is 11.1. The molecule has 1 aliphatic rings. The van der Waals surface area contributed by atoms with E-state index in [1.807, 2.05) is 19.1 Å². The van der Waals surface area contributed by atoms with Gasteiger partial charge in [-0.15, -0.1) is 0 Å². The number of ether oxygens (including phenoxy) is 2. The summed E-state index contributed by atoms with van der Waals surface area (Å²) in [6.45, 7) is 5.32. The Morgan fingerprint density at radius 2 is 2.29 bits per heavy atom. The van der Waals surface area contributed by atoms with Gasteiger partial charge in [0.2, 0.25) is 0 Å². The zero-order valence-electron chi connectivity index (χ0n) is 12.6. The standard InChI is InChI=1S/C16H23NO4/c1-3-20-14-9-5-4-8-13(14)16(2,15(18)19)17-11-12-7-6-10-21-12/h4-5,8-9,12,17H,3,6-7,10-11H2,1-2H3,(H,18,19). The summed E-state index contributed by atoms with van der Waals surface area (Å²) in [6.07, 6.45) is 2.09. The Labute approximate surface area is 125 Å². The minimum atomic E-state index is -1.20. The summed E-state index contributed by atoms with van der Waals surface area (Å²) in [7, 11) is 0. The van der Waals surface area contributed by atoms with E-state index in [2.05, 4.69) is 5.32 Å². The molecule has 0 aromatic heterocycles. The summed E-state index contributed by atoms with van der Waals surface area (Å²) in [6, 6.07) is 7.26. The first-order chi connectivity index (χ1) is 10.1. The molecule has 1 aliphatic heterocycles. The van der Waals surface area contributed by atoms with Gasteiger partial charge in [-0.1, -0.05) is 18.2 Å². The summed E-state index contributed by atoms with van der Waals surface area (Å²) in [5, 5.41) is 12.8. The van der Waals surface area contributed by atoms with E-state index in [4.69, 9.17) is 9.47 Å². The molecule has 0 aliphatic carbocycles. The molecule has 116 valence electrons. The van der Waals surface area contributed by atoms with Crippen LogP contribution in [0.4, 0.5) is 0 Å². The SMILES string of the molecule is CCOc1ccccc1C(C)(NCC1CCCO1)C(=O)O. The van der Waals surface area contributed by atoms with Crippen LogP contribution in [0.25, 0.3) is 0 Å². The fourth-order valence-electron chi connectivity index (χ4n) is 2.57. The Morgan fingerprint density at radius 3 is 2.90 bits per heavy atom. The van der Waals surface area contributed by atoms with Crippen LogP contribution in [0, 0.1) is 0 Å². The monoisotopic (exact) mass is 293 g/mol. The first kappa shape index (κ1) is 15.8. The Hall–Kier alpha value is -1.59. The second-order valence-electron chi connectivity index (χ2n) is 5.38. The van der Waals surface area contributed by atoms with Gasteiger partial charge in [-0.3, -0.25) is 5.32 Å². The number of hydrogen-bond donors (Lipinski definition) is 2. The number of para-hydroxylation sites is 1. The van der Waals surface area contributed by atoms with Gasteiger partial charge in [0.25, 0.3) is 0 Å². The van der Waals surface area contributed by atoms with Crippen LogP contribution < -0.4 is 10.1 Å². The van der Waals surface area contributed by atoms with Gasteiger partial charge in [0.05, 0.1) is 12.7 Å².